The van der Waals surface area contributed by atoms with E-state index in [0.717, 1.165) is 44.9 Å². The summed E-state index contributed by atoms with van der Waals surface area (Å²) in [4.78, 5) is 34.7. The minimum absolute atomic E-state index is 0.0462. The topological polar surface area (TPSA) is 210 Å². The Labute approximate surface area is 242 Å². The van der Waals surface area contributed by atoms with Crippen LogP contribution in [0.25, 0.3) is 0 Å². The van der Waals surface area contributed by atoms with E-state index in [1.165, 1.54) is 0 Å². The third kappa shape index (κ3) is 15.1. The summed E-state index contributed by atoms with van der Waals surface area (Å²) in [5.41, 5.74) is 0. The second-order valence-corrected chi connectivity index (χ2v) is 11.7. The predicted octanol–water partition coefficient (Wildman–Crippen LogP) is 2.04. The number of carbonyl (C=O) groups excluding carboxylic acids is 2. The van der Waals surface area contributed by atoms with E-state index < -0.39 is 75.7 Å². The molecular formula is C27H49O13P. The van der Waals surface area contributed by atoms with Crippen molar-refractivity contribution in [1.29, 1.82) is 0 Å². The van der Waals surface area contributed by atoms with Crippen LogP contribution in [-0.2, 0) is 32.7 Å². The lowest BCUT2D eigenvalue weighted by Gasteiger charge is -2.41. The van der Waals surface area contributed by atoms with Crippen LogP contribution in [0, 0.1) is 0 Å². The zero-order valence-corrected chi connectivity index (χ0v) is 25.0. The SMILES string of the molecule is CCC/C=C/CCCC(=O)O[C@H](COC(=O)CCCCCCCC)COP(=O)(O)OC1[C@H](O)[C@H](O)C(O)[C@H](O)[C@H]1O. The van der Waals surface area contributed by atoms with E-state index in [1.807, 2.05) is 12.2 Å². The quantitative estimate of drug-likeness (QED) is 0.0475. The molecule has 1 saturated carbocycles. The maximum absolute atomic E-state index is 12.6. The molecule has 14 heteroatoms. The number of hydrogen-bond acceptors (Lipinski definition) is 12. The van der Waals surface area contributed by atoms with Gasteiger partial charge in [-0.2, -0.15) is 0 Å². The summed E-state index contributed by atoms with van der Waals surface area (Å²) in [6, 6.07) is 0. The lowest BCUT2D eigenvalue weighted by Crippen LogP contribution is -2.64. The fourth-order valence-electron chi connectivity index (χ4n) is 4.12. The number of esters is 2. The highest BCUT2D eigenvalue weighted by Crippen LogP contribution is 2.47. The van der Waals surface area contributed by atoms with Gasteiger partial charge in [0.15, 0.2) is 6.10 Å². The van der Waals surface area contributed by atoms with Crippen LogP contribution in [0.1, 0.15) is 90.9 Å². The lowest BCUT2D eigenvalue weighted by molar-refractivity contribution is -0.220. The Morgan fingerprint density at radius 2 is 1.29 bits per heavy atom. The van der Waals surface area contributed by atoms with E-state index in [2.05, 4.69) is 13.8 Å². The summed E-state index contributed by atoms with van der Waals surface area (Å²) >= 11 is 0. The van der Waals surface area contributed by atoms with Crippen molar-refractivity contribution in [3.63, 3.8) is 0 Å². The number of aliphatic hydroxyl groups excluding tert-OH is 5. The van der Waals surface area contributed by atoms with Gasteiger partial charge in [0.2, 0.25) is 0 Å². The smallest absolute Gasteiger partial charge is 0.462 e. The highest BCUT2D eigenvalue weighted by atomic mass is 31.2. The number of phosphoric ester groups is 1. The number of hydrogen-bond donors (Lipinski definition) is 6. The summed E-state index contributed by atoms with van der Waals surface area (Å²) in [6.45, 7) is 2.97. The summed E-state index contributed by atoms with van der Waals surface area (Å²) in [7, 11) is -5.09. The summed E-state index contributed by atoms with van der Waals surface area (Å²) in [5, 5.41) is 49.4. The molecule has 1 aliphatic carbocycles. The molecular weight excluding hydrogens is 563 g/mol. The van der Waals surface area contributed by atoms with E-state index >= 15 is 0 Å². The van der Waals surface area contributed by atoms with E-state index in [0.29, 0.717) is 19.3 Å². The highest BCUT2D eigenvalue weighted by molar-refractivity contribution is 7.47. The van der Waals surface area contributed by atoms with Crippen LogP contribution in [0.15, 0.2) is 12.2 Å². The van der Waals surface area contributed by atoms with Crippen LogP contribution in [0.4, 0.5) is 0 Å². The third-order valence-corrected chi connectivity index (χ3v) is 7.57. The molecule has 6 N–H and O–H groups in total. The van der Waals surface area contributed by atoms with Crippen LogP contribution in [0.3, 0.4) is 0 Å². The van der Waals surface area contributed by atoms with Crippen molar-refractivity contribution in [2.45, 2.75) is 134 Å². The maximum Gasteiger partial charge on any atom is 0.472 e. The number of carbonyl (C=O) groups is 2. The first-order valence-corrected chi connectivity index (χ1v) is 16.0. The Bertz CT molecular complexity index is 807. The second kappa shape index (κ2) is 20.5. The van der Waals surface area contributed by atoms with E-state index in [4.69, 9.17) is 18.5 Å². The van der Waals surface area contributed by atoms with Gasteiger partial charge in [-0.25, -0.2) is 4.57 Å². The molecule has 0 bridgehead atoms. The zero-order chi connectivity index (χ0) is 30.8. The minimum atomic E-state index is -5.09. The number of ether oxygens (including phenoxy) is 2. The molecule has 8 atom stereocenters. The van der Waals surface area contributed by atoms with Gasteiger partial charge in [-0.05, 0) is 25.7 Å². The van der Waals surface area contributed by atoms with Crippen LogP contribution in [0.5, 0.6) is 0 Å². The molecule has 1 fully saturated rings. The van der Waals surface area contributed by atoms with Gasteiger partial charge in [-0.1, -0.05) is 64.5 Å². The van der Waals surface area contributed by atoms with E-state index in [1.54, 1.807) is 0 Å². The molecule has 41 heavy (non-hydrogen) atoms. The van der Waals surface area contributed by atoms with Crippen molar-refractivity contribution in [1.82, 2.24) is 0 Å². The van der Waals surface area contributed by atoms with Crippen LogP contribution >= 0.6 is 7.82 Å². The van der Waals surface area contributed by atoms with Gasteiger partial charge in [0.25, 0.3) is 0 Å². The largest absolute Gasteiger partial charge is 0.472 e. The first kappa shape index (κ1) is 37.6. The lowest BCUT2D eigenvalue weighted by atomic mass is 9.85. The molecule has 1 rings (SSSR count). The fourth-order valence-corrected chi connectivity index (χ4v) is 5.09. The molecule has 0 saturated heterocycles. The highest BCUT2D eigenvalue weighted by Gasteiger charge is 2.51. The number of allylic oxidation sites excluding steroid dienone is 2. The first-order valence-electron chi connectivity index (χ1n) is 14.5. The van der Waals surface area contributed by atoms with Gasteiger partial charge in [0.1, 0.15) is 43.2 Å². The van der Waals surface area contributed by atoms with Crippen LogP contribution < -0.4 is 0 Å². The summed E-state index contributed by atoms with van der Waals surface area (Å²) < 4.78 is 32.7. The number of phosphoric acid groups is 1. The number of rotatable bonds is 21. The average molecular weight is 613 g/mol. The fraction of sp³-hybridized carbons (Fsp3) is 0.852. The molecule has 0 radical (unpaired) electrons. The molecule has 240 valence electrons. The Morgan fingerprint density at radius 1 is 0.732 bits per heavy atom. The van der Waals surface area contributed by atoms with Gasteiger partial charge < -0.3 is 39.9 Å². The second-order valence-electron chi connectivity index (χ2n) is 10.3. The van der Waals surface area contributed by atoms with Crippen molar-refractivity contribution in [3.8, 4) is 0 Å². The summed E-state index contributed by atoms with van der Waals surface area (Å²) in [5.74, 6) is -1.16. The Morgan fingerprint density at radius 3 is 1.93 bits per heavy atom. The van der Waals surface area contributed by atoms with Crippen LogP contribution in [0.2, 0.25) is 0 Å². The van der Waals surface area contributed by atoms with E-state index in [9.17, 15) is 44.6 Å². The first-order chi connectivity index (χ1) is 19.4. The average Bonchev–Trinajstić information content (AvgIpc) is 2.94. The molecule has 0 aromatic heterocycles. The summed E-state index contributed by atoms with van der Waals surface area (Å²) in [6.07, 6.45) is -0.0728. The van der Waals surface area contributed by atoms with Crippen molar-refractivity contribution in [3.05, 3.63) is 12.2 Å². The molecule has 0 heterocycles. The van der Waals surface area contributed by atoms with Gasteiger partial charge in [-0.3, -0.25) is 18.6 Å². The standard InChI is InChI=1S/C27H49O13P/c1-3-5-7-9-11-13-15-20(28)37-17-19(39-21(29)16-14-12-10-8-6-4-2)18-38-41(35,36)40-27-25(33)23(31)22(30)24(32)26(27)34/h8,10,19,22-27,30-34H,3-7,9,11-18H2,1-2H3,(H,35,36)/b10-8+/t19-,22?,23-,24+,25-,26-,27?/m1/s1. The Hall–Kier alpha value is -1.41. The Kier molecular flexibility index (Phi) is 18.8. The van der Waals surface area contributed by atoms with Crippen molar-refractivity contribution in [2.75, 3.05) is 13.2 Å². The maximum atomic E-state index is 12.6. The van der Waals surface area contributed by atoms with Crippen molar-refractivity contribution < 1.29 is 63.1 Å². The van der Waals surface area contributed by atoms with Gasteiger partial charge in [0.05, 0.1) is 6.61 Å². The molecule has 1 aliphatic rings. The molecule has 3 unspecified atom stereocenters. The van der Waals surface area contributed by atoms with E-state index in [-0.39, 0.29) is 12.8 Å². The number of aliphatic hydroxyl groups is 5. The Balaban J connectivity index is 2.70. The van der Waals surface area contributed by atoms with Gasteiger partial charge in [-0.15, -0.1) is 0 Å². The third-order valence-electron chi connectivity index (χ3n) is 6.59. The minimum Gasteiger partial charge on any atom is -0.462 e. The zero-order valence-electron chi connectivity index (χ0n) is 24.1. The molecule has 13 nitrogen and oxygen atoms in total. The monoisotopic (exact) mass is 612 g/mol. The molecule has 0 aromatic rings. The molecule has 0 amide bonds. The van der Waals surface area contributed by atoms with Crippen molar-refractivity contribution in [2.24, 2.45) is 0 Å². The predicted molar refractivity (Wildman–Crippen MR) is 147 cm³/mol. The van der Waals surface area contributed by atoms with Gasteiger partial charge in [0, 0.05) is 12.8 Å². The van der Waals surface area contributed by atoms with Crippen molar-refractivity contribution >= 4 is 19.8 Å². The molecule has 0 aromatic carbocycles. The molecule has 0 aliphatic heterocycles. The molecule has 0 spiro atoms. The van der Waals surface area contributed by atoms with Gasteiger partial charge >= 0.3 is 19.8 Å². The normalized spacial score (nSPS) is 26.9. The van der Waals surface area contributed by atoms with Crippen LogP contribution in [-0.4, -0.2) is 98.3 Å². The number of unbranched alkanes of at least 4 members (excludes halogenated alkanes) is 7.